The lowest BCUT2D eigenvalue weighted by atomic mass is 9.52. The van der Waals surface area contributed by atoms with Crippen molar-refractivity contribution in [2.75, 3.05) is 0 Å². The van der Waals surface area contributed by atoms with Crippen LogP contribution in [0.5, 0.6) is 0 Å². The van der Waals surface area contributed by atoms with Gasteiger partial charge in [-0.15, -0.1) is 0 Å². The van der Waals surface area contributed by atoms with Gasteiger partial charge in [-0.2, -0.15) is 0 Å². The van der Waals surface area contributed by atoms with Crippen LogP contribution in [0.4, 0.5) is 0 Å². The summed E-state index contributed by atoms with van der Waals surface area (Å²) in [6, 6.07) is 0. The zero-order valence-electron chi connectivity index (χ0n) is 22.3. The first-order valence-corrected chi connectivity index (χ1v) is 14.8. The van der Waals surface area contributed by atoms with Gasteiger partial charge in [0.2, 0.25) is 0 Å². The summed E-state index contributed by atoms with van der Waals surface area (Å²) in [5.74, 6) is 2.16. The highest BCUT2D eigenvalue weighted by atomic mass is 16.5. The SMILES string of the molecule is CCCCCCCCCC(=O)OC1CCC23CCCC4(C)C(C(C)=O)CCC4C(CC=C2C1)C3. The highest BCUT2D eigenvalue weighted by molar-refractivity contribution is 5.79. The molecule has 3 saturated carbocycles. The zero-order chi connectivity index (χ0) is 24.2. The van der Waals surface area contributed by atoms with E-state index in [4.69, 9.17) is 4.74 Å². The standard InChI is InChI=1S/C31H50O3/c1-4-5-6-7-8-9-10-12-29(33)34-26-17-20-31-19-11-18-30(3)27(23(2)32)15-16-28(30)24(22-31)13-14-25(31)21-26/h14,24,26-28H,4-13,15-22H2,1-3H3. The van der Waals surface area contributed by atoms with E-state index < -0.39 is 0 Å². The Kier molecular flexibility index (Phi) is 8.62. The fraction of sp³-hybridized carbons (Fsp3) is 0.871. The number of esters is 1. The van der Waals surface area contributed by atoms with Crippen molar-refractivity contribution in [2.24, 2.45) is 28.6 Å². The molecule has 0 N–H and O–H groups in total. The molecule has 3 nitrogen and oxygen atoms in total. The van der Waals surface area contributed by atoms with Crippen molar-refractivity contribution in [1.82, 2.24) is 0 Å². The van der Waals surface area contributed by atoms with Gasteiger partial charge in [0.25, 0.3) is 0 Å². The Balaban J connectivity index is 1.30. The second kappa shape index (κ2) is 11.3. The van der Waals surface area contributed by atoms with Crippen LogP contribution < -0.4 is 0 Å². The molecule has 3 fully saturated rings. The highest BCUT2D eigenvalue weighted by Crippen LogP contribution is 2.63. The topological polar surface area (TPSA) is 43.4 Å². The summed E-state index contributed by atoms with van der Waals surface area (Å²) >= 11 is 0. The van der Waals surface area contributed by atoms with Gasteiger partial charge < -0.3 is 4.74 Å². The summed E-state index contributed by atoms with van der Waals surface area (Å²) in [4.78, 5) is 24.9. The molecule has 4 aliphatic rings. The molecule has 6 unspecified atom stereocenters. The van der Waals surface area contributed by atoms with Gasteiger partial charge >= 0.3 is 5.97 Å². The second-order valence-corrected chi connectivity index (χ2v) is 12.6. The van der Waals surface area contributed by atoms with Crippen molar-refractivity contribution in [3.8, 4) is 0 Å². The number of allylic oxidation sites excluding steroid dienone is 1. The Morgan fingerprint density at radius 2 is 1.76 bits per heavy atom. The lowest BCUT2D eigenvalue weighted by Crippen LogP contribution is -2.44. The van der Waals surface area contributed by atoms with E-state index >= 15 is 0 Å². The smallest absolute Gasteiger partial charge is 0.306 e. The minimum absolute atomic E-state index is 0.0263. The number of ether oxygens (including phenoxy) is 1. The molecular formula is C31H50O3. The molecule has 34 heavy (non-hydrogen) atoms. The van der Waals surface area contributed by atoms with E-state index in [9.17, 15) is 9.59 Å². The zero-order valence-corrected chi connectivity index (χ0v) is 22.3. The molecule has 0 amide bonds. The summed E-state index contributed by atoms with van der Waals surface area (Å²) in [7, 11) is 0. The van der Waals surface area contributed by atoms with Crippen molar-refractivity contribution in [2.45, 2.75) is 142 Å². The number of hydrogen-bond donors (Lipinski definition) is 0. The predicted molar refractivity (Wildman–Crippen MR) is 138 cm³/mol. The molecule has 1 spiro atoms. The van der Waals surface area contributed by atoms with Crippen LogP contribution in [0.25, 0.3) is 0 Å². The number of carbonyl (C=O) groups excluding carboxylic acids is 2. The van der Waals surface area contributed by atoms with Crippen LogP contribution in [0.15, 0.2) is 11.6 Å². The number of carbonyl (C=O) groups is 2. The molecule has 0 saturated heterocycles. The van der Waals surface area contributed by atoms with Crippen molar-refractivity contribution < 1.29 is 14.3 Å². The molecule has 4 rings (SSSR count). The van der Waals surface area contributed by atoms with E-state index in [0.717, 1.165) is 38.0 Å². The molecule has 0 aromatic rings. The van der Waals surface area contributed by atoms with Gasteiger partial charge in [-0.25, -0.2) is 0 Å². The van der Waals surface area contributed by atoms with Crippen LogP contribution in [0.1, 0.15) is 136 Å². The largest absolute Gasteiger partial charge is 0.462 e. The van der Waals surface area contributed by atoms with Gasteiger partial charge in [0.1, 0.15) is 11.9 Å². The number of ketones is 1. The van der Waals surface area contributed by atoms with Gasteiger partial charge in [-0.05, 0) is 87.4 Å². The van der Waals surface area contributed by atoms with Crippen LogP contribution in [-0.4, -0.2) is 17.9 Å². The van der Waals surface area contributed by atoms with E-state index in [2.05, 4.69) is 19.9 Å². The van der Waals surface area contributed by atoms with Crippen LogP contribution >= 0.6 is 0 Å². The van der Waals surface area contributed by atoms with Gasteiger partial charge in [0.05, 0.1) is 0 Å². The highest BCUT2D eigenvalue weighted by Gasteiger charge is 2.55. The maximum absolute atomic E-state index is 12.5. The molecule has 0 aromatic carbocycles. The minimum atomic E-state index is 0.0263. The van der Waals surface area contributed by atoms with Crippen LogP contribution in [0.3, 0.4) is 0 Å². The molecule has 4 aliphatic carbocycles. The lowest BCUT2D eigenvalue weighted by Gasteiger charge is -2.53. The maximum Gasteiger partial charge on any atom is 0.306 e. The van der Waals surface area contributed by atoms with Crippen molar-refractivity contribution in [1.29, 1.82) is 0 Å². The fourth-order valence-corrected chi connectivity index (χ4v) is 8.71. The third-order valence-corrected chi connectivity index (χ3v) is 10.5. The number of rotatable bonds is 10. The molecular weight excluding hydrogens is 420 g/mol. The number of hydrogen-bond acceptors (Lipinski definition) is 3. The van der Waals surface area contributed by atoms with E-state index in [1.807, 2.05) is 6.92 Å². The molecule has 0 aromatic heterocycles. The quantitative estimate of drug-likeness (QED) is 0.183. The molecule has 192 valence electrons. The van der Waals surface area contributed by atoms with Crippen LogP contribution in [0.2, 0.25) is 0 Å². The molecule has 0 radical (unpaired) electrons. The first-order chi connectivity index (χ1) is 16.4. The van der Waals surface area contributed by atoms with E-state index in [0.29, 0.717) is 23.5 Å². The first kappa shape index (κ1) is 26.0. The third-order valence-electron chi connectivity index (χ3n) is 10.5. The van der Waals surface area contributed by atoms with Crippen molar-refractivity contribution in [3.63, 3.8) is 0 Å². The Bertz CT molecular complexity index is 754. The van der Waals surface area contributed by atoms with Gasteiger partial charge in [0, 0.05) is 18.8 Å². The summed E-state index contributed by atoms with van der Waals surface area (Å²) in [5, 5.41) is 0. The van der Waals surface area contributed by atoms with Crippen molar-refractivity contribution >= 4 is 11.8 Å². The normalized spacial score (nSPS) is 37.1. The first-order valence-electron chi connectivity index (χ1n) is 14.8. The third kappa shape index (κ3) is 5.49. The van der Waals surface area contributed by atoms with E-state index in [1.54, 1.807) is 5.57 Å². The maximum atomic E-state index is 12.5. The minimum Gasteiger partial charge on any atom is -0.462 e. The molecule has 3 heteroatoms. The van der Waals surface area contributed by atoms with Gasteiger partial charge in [-0.1, -0.05) is 70.4 Å². The van der Waals surface area contributed by atoms with Gasteiger partial charge in [-0.3, -0.25) is 9.59 Å². The fourth-order valence-electron chi connectivity index (χ4n) is 8.71. The molecule has 0 heterocycles. The molecule has 0 aliphatic heterocycles. The van der Waals surface area contributed by atoms with E-state index in [-0.39, 0.29) is 23.4 Å². The Morgan fingerprint density at radius 1 is 1.00 bits per heavy atom. The lowest BCUT2D eigenvalue weighted by molar-refractivity contribution is -0.151. The van der Waals surface area contributed by atoms with Crippen molar-refractivity contribution in [3.05, 3.63) is 11.6 Å². The summed E-state index contributed by atoms with van der Waals surface area (Å²) in [5.41, 5.74) is 2.17. The van der Waals surface area contributed by atoms with Crippen LogP contribution in [-0.2, 0) is 14.3 Å². The summed E-state index contributed by atoms with van der Waals surface area (Å²) < 4.78 is 5.98. The van der Waals surface area contributed by atoms with Gasteiger partial charge in [0.15, 0.2) is 0 Å². The molecule has 2 bridgehead atoms. The Labute approximate surface area is 208 Å². The van der Waals surface area contributed by atoms with E-state index in [1.165, 1.54) is 77.0 Å². The Hall–Kier alpha value is -1.12. The van der Waals surface area contributed by atoms with Crippen LogP contribution in [0, 0.1) is 28.6 Å². The summed E-state index contributed by atoms with van der Waals surface area (Å²) in [6.45, 7) is 6.51. The second-order valence-electron chi connectivity index (χ2n) is 12.6. The number of fused-ring (bicyclic) bond motifs is 3. The average molecular weight is 471 g/mol. The monoisotopic (exact) mass is 470 g/mol. The average Bonchev–Trinajstić information content (AvgIpc) is 3.14. The number of Topliss-reactive ketones (excluding diaryl/α,β-unsaturated/α-hetero) is 1. The number of unbranched alkanes of at least 4 members (excludes halogenated alkanes) is 6. The Morgan fingerprint density at radius 3 is 2.53 bits per heavy atom. The predicted octanol–water partition coefficient (Wildman–Crippen LogP) is 8.35. The summed E-state index contributed by atoms with van der Waals surface area (Å²) in [6.07, 6.45) is 23.6. The molecule has 6 atom stereocenters.